The van der Waals surface area contributed by atoms with E-state index in [-0.39, 0.29) is 12.8 Å². The molecule has 0 amide bonds. The maximum absolute atomic E-state index is 12.7. The lowest BCUT2D eigenvalue weighted by Gasteiger charge is -2.29. The van der Waals surface area contributed by atoms with Gasteiger partial charge >= 0.3 is 11.9 Å². The van der Waals surface area contributed by atoms with E-state index in [1.54, 1.807) is 0 Å². The summed E-state index contributed by atoms with van der Waals surface area (Å²) >= 11 is 0. The number of rotatable bonds is 3. The summed E-state index contributed by atoms with van der Waals surface area (Å²) in [6, 6.07) is 0. The van der Waals surface area contributed by atoms with Gasteiger partial charge in [-0.15, -0.1) is 0 Å². The van der Waals surface area contributed by atoms with Crippen LogP contribution in [0.3, 0.4) is 0 Å². The van der Waals surface area contributed by atoms with E-state index in [4.69, 9.17) is 5.11 Å². The van der Waals surface area contributed by atoms with Crippen molar-refractivity contribution in [2.75, 3.05) is 0 Å². The molecule has 0 bridgehead atoms. The van der Waals surface area contributed by atoms with Crippen LogP contribution in [0.4, 0.5) is 17.6 Å². The molecule has 0 aliphatic heterocycles. The van der Waals surface area contributed by atoms with Gasteiger partial charge in [0.05, 0.1) is 0 Å². The highest BCUT2D eigenvalue weighted by Crippen LogP contribution is 2.40. The van der Waals surface area contributed by atoms with Gasteiger partial charge in [-0.1, -0.05) is 0 Å². The first-order valence-corrected chi connectivity index (χ1v) is 4.72. The summed E-state index contributed by atoms with van der Waals surface area (Å²) in [5.74, 6) is -9.36. The van der Waals surface area contributed by atoms with E-state index in [0.29, 0.717) is 0 Å². The molecule has 6 heteroatoms. The van der Waals surface area contributed by atoms with Crippen molar-refractivity contribution in [2.45, 2.75) is 43.9 Å². The molecule has 2 nitrogen and oxygen atoms in total. The van der Waals surface area contributed by atoms with Crippen LogP contribution in [0, 0.1) is 5.92 Å². The van der Waals surface area contributed by atoms with Crippen molar-refractivity contribution in [1.82, 2.24) is 0 Å². The molecule has 1 N–H and O–H groups in total. The van der Waals surface area contributed by atoms with Crippen molar-refractivity contribution in [3.05, 3.63) is 0 Å². The zero-order valence-electron chi connectivity index (χ0n) is 7.98. The summed E-state index contributed by atoms with van der Waals surface area (Å²) in [6.07, 6.45) is -1.75. The van der Waals surface area contributed by atoms with Crippen molar-refractivity contribution in [3.63, 3.8) is 0 Å². The Balaban J connectivity index is 2.46. The Morgan fingerprint density at radius 3 is 2.20 bits per heavy atom. The predicted octanol–water partition coefficient (Wildman–Crippen LogP) is 2.92. The second-order valence-corrected chi connectivity index (χ2v) is 4.01. The van der Waals surface area contributed by atoms with Crippen LogP contribution < -0.4 is 0 Å². The van der Waals surface area contributed by atoms with Crippen LogP contribution in [0.5, 0.6) is 0 Å². The topological polar surface area (TPSA) is 37.3 Å². The Bertz CT molecular complexity index is 242. The van der Waals surface area contributed by atoms with Crippen LogP contribution in [0.25, 0.3) is 0 Å². The van der Waals surface area contributed by atoms with Crippen LogP contribution in [-0.4, -0.2) is 22.9 Å². The number of hydrogen-bond acceptors (Lipinski definition) is 1. The zero-order valence-corrected chi connectivity index (χ0v) is 7.98. The molecule has 88 valence electrons. The number of halogens is 4. The first-order chi connectivity index (χ1) is 6.73. The fraction of sp³-hybridized carbons (Fsp3) is 0.889. The fourth-order valence-electron chi connectivity index (χ4n) is 1.75. The van der Waals surface area contributed by atoms with Crippen molar-refractivity contribution in [2.24, 2.45) is 5.92 Å². The maximum Gasteiger partial charge on any atom is 0.374 e. The Labute approximate surface area is 84.3 Å². The molecule has 0 radical (unpaired) electrons. The molecule has 1 rings (SSSR count). The lowest BCUT2D eigenvalue weighted by Crippen LogP contribution is -2.34. The first-order valence-electron chi connectivity index (χ1n) is 4.72. The highest BCUT2D eigenvalue weighted by atomic mass is 19.3. The van der Waals surface area contributed by atoms with E-state index >= 15 is 0 Å². The summed E-state index contributed by atoms with van der Waals surface area (Å²) in [5.41, 5.74) is 0. The standard InChI is InChI=1S/C9H12F4O2/c10-8(11)3-1-6(2-4-8)5-9(12,13)7(14)15/h6H,1-5H2,(H,14,15). The third-order valence-electron chi connectivity index (χ3n) is 2.69. The van der Waals surface area contributed by atoms with Gasteiger partial charge in [-0.3, -0.25) is 0 Å². The van der Waals surface area contributed by atoms with E-state index in [1.807, 2.05) is 0 Å². The molecule has 1 aliphatic carbocycles. The molecular weight excluding hydrogens is 216 g/mol. The normalized spacial score (nSPS) is 22.7. The Kier molecular flexibility index (Phi) is 3.25. The molecule has 0 saturated heterocycles. The molecule has 1 aliphatic rings. The van der Waals surface area contributed by atoms with Gasteiger partial charge in [-0.25, -0.2) is 13.6 Å². The average Bonchev–Trinajstić information content (AvgIpc) is 2.08. The highest BCUT2D eigenvalue weighted by Gasteiger charge is 2.44. The number of carbonyl (C=O) groups is 1. The smallest absolute Gasteiger partial charge is 0.374 e. The number of carboxylic acid groups (broad SMARTS) is 1. The minimum atomic E-state index is -3.79. The summed E-state index contributed by atoms with van der Waals surface area (Å²) < 4.78 is 50.8. The number of aliphatic carboxylic acids is 1. The number of carboxylic acids is 1. The van der Waals surface area contributed by atoms with E-state index in [0.717, 1.165) is 0 Å². The van der Waals surface area contributed by atoms with Gasteiger partial charge in [0, 0.05) is 19.3 Å². The Hall–Kier alpha value is -0.810. The van der Waals surface area contributed by atoms with Gasteiger partial charge in [0.1, 0.15) is 0 Å². The van der Waals surface area contributed by atoms with Gasteiger partial charge in [-0.2, -0.15) is 8.78 Å². The third kappa shape index (κ3) is 3.35. The molecule has 0 spiro atoms. The van der Waals surface area contributed by atoms with Crippen molar-refractivity contribution >= 4 is 5.97 Å². The molecule has 1 saturated carbocycles. The third-order valence-corrected chi connectivity index (χ3v) is 2.69. The summed E-state index contributed by atoms with van der Waals surface area (Å²) in [5, 5.41) is 8.18. The molecule has 0 aromatic rings. The maximum atomic E-state index is 12.7. The SMILES string of the molecule is O=C(O)C(F)(F)CC1CCC(F)(F)CC1. The van der Waals surface area contributed by atoms with Crippen LogP contribution in [-0.2, 0) is 4.79 Å². The summed E-state index contributed by atoms with van der Waals surface area (Å²) in [7, 11) is 0. The van der Waals surface area contributed by atoms with E-state index in [2.05, 4.69) is 0 Å². The van der Waals surface area contributed by atoms with Gasteiger partial charge in [-0.05, 0) is 18.8 Å². The van der Waals surface area contributed by atoms with Gasteiger partial charge in [0.25, 0.3) is 0 Å². The second-order valence-electron chi connectivity index (χ2n) is 4.01. The van der Waals surface area contributed by atoms with Crippen LogP contribution >= 0.6 is 0 Å². The molecule has 0 unspecified atom stereocenters. The number of alkyl halides is 4. The van der Waals surface area contributed by atoms with Crippen LogP contribution in [0.2, 0.25) is 0 Å². The van der Waals surface area contributed by atoms with Crippen LogP contribution in [0.1, 0.15) is 32.1 Å². The van der Waals surface area contributed by atoms with Gasteiger partial charge in [0.15, 0.2) is 0 Å². The summed E-state index contributed by atoms with van der Waals surface area (Å²) in [4.78, 5) is 10.1. The first kappa shape index (κ1) is 12.3. The van der Waals surface area contributed by atoms with Gasteiger partial charge < -0.3 is 5.11 Å². The molecule has 15 heavy (non-hydrogen) atoms. The second kappa shape index (κ2) is 3.98. The highest BCUT2D eigenvalue weighted by molar-refractivity contribution is 5.75. The van der Waals surface area contributed by atoms with E-state index in [9.17, 15) is 22.4 Å². The van der Waals surface area contributed by atoms with E-state index in [1.165, 1.54) is 0 Å². The van der Waals surface area contributed by atoms with Crippen LogP contribution in [0.15, 0.2) is 0 Å². The lowest BCUT2D eigenvalue weighted by atomic mass is 9.83. The molecule has 0 heterocycles. The Morgan fingerprint density at radius 2 is 1.80 bits per heavy atom. The van der Waals surface area contributed by atoms with Gasteiger partial charge in [0.2, 0.25) is 5.92 Å². The van der Waals surface area contributed by atoms with E-state index < -0.39 is 43.0 Å². The fourth-order valence-corrected chi connectivity index (χ4v) is 1.75. The molecular formula is C9H12F4O2. The van der Waals surface area contributed by atoms with Crippen molar-refractivity contribution in [1.29, 1.82) is 0 Å². The zero-order chi connectivity index (χ0) is 11.7. The largest absolute Gasteiger partial charge is 0.477 e. The molecule has 0 atom stereocenters. The predicted molar refractivity (Wildman–Crippen MR) is 44.1 cm³/mol. The lowest BCUT2D eigenvalue weighted by molar-refractivity contribution is -0.168. The minimum Gasteiger partial charge on any atom is -0.477 e. The molecule has 0 aromatic heterocycles. The number of hydrogen-bond donors (Lipinski definition) is 1. The summed E-state index contributed by atoms with van der Waals surface area (Å²) in [6.45, 7) is 0. The monoisotopic (exact) mass is 228 g/mol. The minimum absolute atomic E-state index is 0.0319. The quantitative estimate of drug-likeness (QED) is 0.754. The molecule has 1 fully saturated rings. The Morgan fingerprint density at radius 1 is 1.33 bits per heavy atom. The van der Waals surface area contributed by atoms with Crippen molar-refractivity contribution in [3.8, 4) is 0 Å². The molecule has 0 aromatic carbocycles. The average molecular weight is 228 g/mol. The van der Waals surface area contributed by atoms with Crippen molar-refractivity contribution < 1.29 is 27.5 Å².